The van der Waals surface area contributed by atoms with Crippen molar-refractivity contribution in [1.29, 1.82) is 0 Å². The average Bonchev–Trinajstić information content (AvgIpc) is 2.18. The Morgan fingerprint density at radius 2 is 2.67 bits per heavy atom. The highest BCUT2D eigenvalue weighted by atomic mass is 16.5. The van der Waals surface area contributed by atoms with E-state index in [9.17, 15) is 4.79 Å². The van der Waals surface area contributed by atoms with Gasteiger partial charge in [-0.05, 0) is 0 Å². The first-order valence-electron chi connectivity index (χ1n) is 3.03. The quantitative estimate of drug-likeness (QED) is 0.511. The smallest absolute Gasteiger partial charge is 0.145 e. The van der Waals surface area contributed by atoms with E-state index in [1.165, 1.54) is 0 Å². The van der Waals surface area contributed by atoms with Crippen molar-refractivity contribution >= 4 is 5.78 Å². The Morgan fingerprint density at radius 1 is 1.89 bits per heavy atom. The van der Waals surface area contributed by atoms with E-state index in [2.05, 4.69) is 0 Å². The highest BCUT2D eigenvalue weighted by molar-refractivity contribution is 5.86. The Labute approximate surface area is 54.5 Å². The molecule has 50 valence electrons. The van der Waals surface area contributed by atoms with Gasteiger partial charge in [-0.15, -0.1) is 0 Å². The second kappa shape index (κ2) is 2.78. The van der Waals surface area contributed by atoms with Gasteiger partial charge in [0.15, 0.2) is 0 Å². The number of carbonyl (C=O) groups is 1. The van der Waals surface area contributed by atoms with Gasteiger partial charge in [-0.2, -0.15) is 0 Å². The molecular weight excluding hydrogens is 116 g/mol. The largest absolute Gasteiger partial charge is 0.384 e. The fraction of sp³-hybridized carbons (Fsp3) is 0.571. The summed E-state index contributed by atoms with van der Waals surface area (Å²) >= 11 is 0. The zero-order valence-corrected chi connectivity index (χ0v) is 5.46. The van der Waals surface area contributed by atoms with Crippen molar-refractivity contribution in [3.63, 3.8) is 0 Å². The van der Waals surface area contributed by atoms with Crippen LogP contribution in [0.1, 0.15) is 6.42 Å². The van der Waals surface area contributed by atoms with Crippen LogP contribution in [0, 0.1) is 5.92 Å². The Bertz CT molecular complexity index is 138. The molecule has 0 bridgehead atoms. The Morgan fingerprint density at radius 3 is 3.11 bits per heavy atom. The number of rotatable bonds is 2. The number of ether oxygens (including phenoxy) is 1. The van der Waals surface area contributed by atoms with Crippen molar-refractivity contribution in [3.8, 4) is 0 Å². The molecule has 0 heterocycles. The van der Waals surface area contributed by atoms with Gasteiger partial charge in [0, 0.05) is 13.5 Å². The van der Waals surface area contributed by atoms with Gasteiger partial charge in [0.2, 0.25) is 0 Å². The molecule has 1 atom stereocenters. The van der Waals surface area contributed by atoms with Crippen LogP contribution >= 0.6 is 0 Å². The number of carbonyl (C=O) groups excluding carboxylic acids is 1. The first kappa shape index (κ1) is 6.49. The summed E-state index contributed by atoms with van der Waals surface area (Å²) in [4.78, 5) is 10.8. The average molecular weight is 126 g/mol. The predicted molar refractivity (Wildman–Crippen MR) is 34.1 cm³/mol. The molecule has 0 aliphatic heterocycles. The van der Waals surface area contributed by atoms with E-state index in [-0.39, 0.29) is 11.7 Å². The molecule has 0 saturated heterocycles. The van der Waals surface area contributed by atoms with Crippen LogP contribution in [0.15, 0.2) is 12.2 Å². The van der Waals surface area contributed by atoms with Crippen molar-refractivity contribution in [2.45, 2.75) is 6.42 Å². The Balaban J connectivity index is 2.40. The van der Waals surface area contributed by atoms with Crippen LogP contribution in [0.2, 0.25) is 0 Å². The number of allylic oxidation sites excluding steroid dienone is 1. The molecule has 2 nitrogen and oxygen atoms in total. The first-order chi connectivity index (χ1) is 4.34. The summed E-state index contributed by atoms with van der Waals surface area (Å²) < 4.78 is 4.82. The maximum absolute atomic E-state index is 10.8. The van der Waals surface area contributed by atoms with Gasteiger partial charge in [-0.25, -0.2) is 0 Å². The molecule has 1 rings (SSSR count). The van der Waals surface area contributed by atoms with Crippen molar-refractivity contribution in [2.24, 2.45) is 5.92 Å². The summed E-state index contributed by atoms with van der Waals surface area (Å²) in [6, 6.07) is 0. The van der Waals surface area contributed by atoms with E-state index in [1.807, 2.05) is 12.2 Å². The number of methoxy groups -OCH3 is 1. The van der Waals surface area contributed by atoms with Crippen LogP contribution in [-0.4, -0.2) is 19.5 Å². The molecule has 0 fully saturated rings. The normalized spacial score (nSPS) is 25.4. The molecule has 0 spiro atoms. The molecule has 0 aromatic carbocycles. The summed E-state index contributed by atoms with van der Waals surface area (Å²) in [7, 11) is 1.61. The van der Waals surface area contributed by atoms with Gasteiger partial charge >= 0.3 is 0 Å². The Hall–Kier alpha value is -0.630. The van der Waals surface area contributed by atoms with Gasteiger partial charge in [0.1, 0.15) is 5.78 Å². The molecule has 0 radical (unpaired) electrons. The van der Waals surface area contributed by atoms with Crippen molar-refractivity contribution in [1.82, 2.24) is 0 Å². The van der Waals surface area contributed by atoms with Crippen LogP contribution in [0.5, 0.6) is 0 Å². The third kappa shape index (κ3) is 1.39. The Kier molecular flexibility index (Phi) is 2.01. The van der Waals surface area contributed by atoms with Gasteiger partial charge in [-0.3, -0.25) is 4.79 Å². The van der Waals surface area contributed by atoms with Gasteiger partial charge in [-0.1, -0.05) is 12.2 Å². The van der Waals surface area contributed by atoms with E-state index in [1.54, 1.807) is 7.11 Å². The number of ketones is 1. The minimum absolute atomic E-state index is 0.0370. The van der Waals surface area contributed by atoms with E-state index in [4.69, 9.17) is 4.74 Å². The summed E-state index contributed by atoms with van der Waals surface area (Å²) in [5.74, 6) is 0.312. The van der Waals surface area contributed by atoms with Crippen molar-refractivity contribution in [3.05, 3.63) is 12.2 Å². The zero-order valence-electron chi connectivity index (χ0n) is 5.46. The summed E-state index contributed by atoms with van der Waals surface area (Å²) in [5, 5.41) is 0. The van der Waals surface area contributed by atoms with E-state index < -0.39 is 0 Å². The molecule has 0 aromatic rings. The van der Waals surface area contributed by atoms with Crippen LogP contribution in [0.3, 0.4) is 0 Å². The fourth-order valence-electron chi connectivity index (χ4n) is 0.935. The van der Waals surface area contributed by atoms with Crippen molar-refractivity contribution in [2.75, 3.05) is 13.7 Å². The molecule has 2 heteroatoms. The maximum Gasteiger partial charge on any atom is 0.145 e. The van der Waals surface area contributed by atoms with E-state index in [0.717, 1.165) is 0 Å². The predicted octanol–water partition coefficient (Wildman–Crippen LogP) is 0.778. The second-order valence-corrected chi connectivity index (χ2v) is 2.16. The van der Waals surface area contributed by atoms with E-state index >= 15 is 0 Å². The minimum atomic E-state index is 0.0370. The molecule has 9 heavy (non-hydrogen) atoms. The first-order valence-corrected chi connectivity index (χ1v) is 3.03. The van der Waals surface area contributed by atoms with Crippen LogP contribution in [-0.2, 0) is 9.53 Å². The number of hydrogen-bond acceptors (Lipinski definition) is 2. The van der Waals surface area contributed by atoms with Gasteiger partial charge < -0.3 is 4.74 Å². The monoisotopic (exact) mass is 126 g/mol. The van der Waals surface area contributed by atoms with E-state index in [0.29, 0.717) is 13.0 Å². The number of hydrogen-bond donors (Lipinski definition) is 0. The molecule has 1 unspecified atom stereocenters. The minimum Gasteiger partial charge on any atom is -0.384 e. The third-order valence-corrected chi connectivity index (χ3v) is 1.45. The highest BCUT2D eigenvalue weighted by Gasteiger charge is 2.17. The summed E-state index contributed by atoms with van der Waals surface area (Å²) in [5.41, 5.74) is 0. The molecule has 0 amide bonds. The zero-order chi connectivity index (χ0) is 6.69. The lowest BCUT2D eigenvalue weighted by Crippen LogP contribution is -2.12. The topological polar surface area (TPSA) is 26.3 Å². The highest BCUT2D eigenvalue weighted by Crippen LogP contribution is 2.12. The van der Waals surface area contributed by atoms with Gasteiger partial charge in [0.05, 0.1) is 12.5 Å². The van der Waals surface area contributed by atoms with Crippen LogP contribution in [0.4, 0.5) is 0 Å². The lowest BCUT2D eigenvalue weighted by Gasteiger charge is -2.01. The third-order valence-electron chi connectivity index (χ3n) is 1.45. The standard InChI is InChI=1S/C7H10O2/c1-9-5-6-3-2-4-7(6)8/h2-3,6H,4-5H2,1H3. The SMILES string of the molecule is COCC1C=CCC1=O. The maximum atomic E-state index is 10.8. The van der Waals surface area contributed by atoms with Gasteiger partial charge in [0.25, 0.3) is 0 Å². The van der Waals surface area contributed by atoms with Crippen LogP contribution in [0.25, 0.3) is 0 Å². The second-order valence-electron chi connectivity index (χ2n) is 2.16. The molecule has 0 aromatic heterocycles. The fourth-order valence-corrected chi connectivity index (χ4v) is 0.935. The summed E-state index contributed by atoms with van der Waals surface area (Å²) in [6.45, 7) is 0.537. The van der Waals surface area contributed by atoms with Crippen molar-refractivity contribution < 1.29 is 9.53 Å². The number of Topliss-reactive ketones (excluding diaryl/α,β-unsaturated/α-hetero) is 1. The molecule has 0 saturated carbocycles. The van der Waals surface area contributed by atoms with Crippen LogP contribution < -0.4 is 0 Å². The lowest BCUT2D eigenvalue weighted by molar-refractivity contribution is -0.121. The molecule has 0 N–H and O–H groups in total. The summed E-state index contributed by atoms with van der Waals surface area (Å²) in [6.07, 6.45) is 4.39. The lowest BCUT2D eigenvalue weighted by atomic mass is 10.1. The molecular formula is C7H10O2. The molecule has 1 aliphatic carbocycles. The molecule has 1 aliphatic rings.